The van der Waals surface area contributed by atoms with Gasteiger partial charge in [-0.25, -0.2) is 13.5 Å². The lowest BCUT2D eigenvalue weighted by molar-refractivity contribution is -0.131. The summed E-state index contributed by atoms with van der Waals surface area (Å²) < 4.78 is 48.1. The number of carbonyl (C=O) groups excluding carboxylic acids is 2. The third kappa shape index (κ3) is 7.45. The highest BCUT2D eigenvalue weighted by Crippen LogP contribution is 2.36. The molecular weight excluding hydrogens is 612 g/mol. The molecule has 3 saturated heterocycles. The fourth-order valence-electron chi connectivity index (χ4n) is 7.72. The van der Waals surface area contributed by atoms with Crippen LogP contribution in [0.1, 0.15) is 67.0 Å². The zero-order valence-electron chi connectivity index (χ0n) is 26.8. The fraction of sp³-hybridized carbons (Fsp3) is 0.697. The SMILES string of the molecule is O=C1NC[C@H]2O[C@H](CCOc3ccccc3C(=O)N3CCN(C4CCC(F)(F)CC4)C[C@@H]13)CC[C@H]2n1cc(CN2CCOCC2)nn1. The normalized spacial score (nSPS) is 30.0. The molecule has 2 bridgehead atoms. The summed E-state index contributed by atoms with van der Waals surface area (Å²) >= 11 is 0. The summed E-state index contributed by atoms with van der Waals surface area (Å²) in [7, 11) is 0. The molecule has 1 N–H and O–H groups in total. The molecular formula is C33H45F2N7O5. The van der Waals surface area contributed by atoms with Gasteiger partial charge in [-0.2, -0.15) is 0 Å². The Morgan fingerprint density at radius 1 is 0.957 bits per heavy atom. The van der Waals surface area contributed by atoms with Crippen LogP contribution in [0.2, 0.25) is 0 Å². The van der Waals surface area contributed by atoms with Gasteiger partial charge < -0.3 is 24.4 Å². The van der Waals surface area contributed by atoms with Gasteiger partial charge >= 0.3 is 0 Å². The minimum absolute atomic E-state index is 0.0471. The van der Waals surface area contributed by atoms with E-state index in [1.54, 1.807) is 23.1 Å². The summed E-state index contributed by atoms with van der Waals surface area (Å²) in [5, 5.41) is 12.1. The average Bonchev–Trinajstić information content (AvgIpc) is 3.55. The lowest BCUT2D eigenvalue weighted by atomic mass is 9.90. The smallest absolute Gasteiger partial charge is 0.258 e. The second-order valence-electron chi connectivity index (χ2n) is 13.5. The third-order valence-electron chi connectivity index (χ3n) is 10.4. The van der Waals surface area contributed by atoms with Gasteiger partial charge in [-0.1, -0.05) is 17.3 Å². The summed E-state index contributed by atoms with van der Waals surface area (Å²) in [5.74, 6) is -2.71. The minimum atomic E-state index is -2.64. The Kier molecular flexibility index (Phi) is 9.71. The van der Waals surface area contributed by atoms with E-state index in [1.807, 2.05) is 16.9 Å². The number of hydrogen-bond acceptors (Lipinski definition) is 9. The molecule has 7 rings (SSSR count). The molecule has 0 radical (unpaired) electrons. The van der Waals surface area contributed by atoms with Crippen molar-refractivity contribution in [3.8, 4) is 5.75 Å². The maximum absolute atomic E-state index is 14.0. The van der Waals surface area contributed by atoms with E-state index in [9.17, 15) is 18.4 Å². The van der Waals surface area contributed by atoms with Gasteiger partial charge in [0.1, 0.15) is 11.8 Å². The zero-order valence-corrected chi connectivity index (χ0v) is 26.8. The van der Waals surface area contributed by atoms with Crippen LogP contribution in [0.4, 0.5) is 8.78 Å². The second kappa shape index (κ2) is 14.1. The number of benzene rings is 1. The van der Waals surface area contributed by atoms with Crippen molar-refractivity contribution in [2.75, 3.05) is 59.1 Å². The Morgan fingerprint density at radius 3 is 2.60 bits per heavy atom. The van der Waals surface area contributed by atoms with Crippen molar-refractivity contribution in [2.45, 2.75) is 87.7 Å². The molecule has 47 heavy (non-hydrogen) atoms. The Hall–Kier alpha value is -3.20. The summed E-state index contributed by atoms with van der Waals surface area (Å²) in [6.07, 6.45) is 4.20. The van der Waals surface area contributed by atoms with Crippen LogP contribution in [-0.4, -0.2) is 131 Å². The Morgan fingerprint density at radius 2 is 1.77 bits per heavy atom. The van der Waals surface area contributed by atoms with Crippen LogP contribution in [0.5, 0.6) is 5.75 Å². The first-order valence-corrected chi connectivity index (χ1v) is 17.1. The number of carbonyl (C=O) groups is 2. The highest BCUT2D eigenvalue weighted by molar-refractivity contribution is 6.00. The van der Waals surface area contributed by atoms with E-state index in [2.05, 4.69) is 25.4 Å². The molecule has 256 valence electrons. The van der Waals surface area contributed by atoms with Crippen LogP contribution in [-0.2, 0) is 20.8 Å². The molecule has 14 heteroatoms. The lowest BCUT2D eigenvalue weighted by Gasteiger charge is -2.45. The molecule has 1 aromatic carbocycles. The van der Waals surface area contributed by atoms with E-state index >= 15 is 0 Å². The van der Waals surface area contributed by atoms with E-state index in [0.29, 0.717) is 70.0 Å². The number of nitrogens with zero attached hydrogens (tertiary/aromatic N) is 6. The second-order valence-corrected chi connectivity index (χ2v) is 13.5. The molecule has 0 spiro atoms. The number of fused-ring (bicyclic) bond motifs is 4. The van der Waals surface area contributed by atoms with Crippen LogP contribution in [0.25, 0.3) is 0 Å². The third-order valence-corrected chi connectivity index (χ3v) is 10.4. The van der Waals surface area contributed by atoms with E-state index in [-0.39, 0.29) is 62.0 Å². The number of hydrogen-bond donors (Lipinski definition) is 1. The molecule has 5 aliphatic rings. The van der Waals surface area contributed by atoms with E-state index < -0.39 is 12.0 Å². The van der Waals surface area contributed by atoms with Crippen molar-refractivity contribution < 1.29 is 32.6 Å². The van der Waals surface area contributed by atoms with E-state index in [0.717, 1.165) is 31.6 Å². The molecule has 4 atom stereocenters. The molecule has 5 heterocycles. The molecule has 12 nitrogen and oxygen atoms in total. The summed E-state index contributed by atoms with van der Waals surface area (Å²) in [4.78, 5) is 34.1. The van der Waals surface area contributed by atoms with Crippen LogP contribution in [0.15, 0.2) is 30.5 Å². The molecule has 1 aliphatic carbocycles. The fourth-order valence-corrected chi connectivity index (χ4v) is 7.72. The van der Waals surface area contributed by atoms with Gasteiger partial charge in [0.05, 0.1) is 55.5 Å². The van der Waals surface area contributed by atoms with Gasteiger partial charge in [-0.15, -0.1) is 5.10 Å². The zero-order chi connectivity index (χ0) is 32.4. The first-order chi connectivity index (χ1) is 22.8. The Balaban J connectivity index is 1.11. The van der Waals surface area contributed by atoms with Gasteiger partial charge in [0.15, 0.2) is 0 Å². The summed E-state index contributed by atoms with van der Waals surface area (Å²) in [5.41, 5.74) is 1.29. The van der Waals surface area contributed by atoms with Crippen molar-refractivity contribution in [1.29, 1.82) is 0 Å². The molecule has 1 aromatic heterocycles. The number of amides is 2. The van der Waals surface area contributed by atoms with Gasteiger partial charge in [-0.05, 0) is 37.8 Å². The predicted molar refractivity (Wildman–Crippen MR) is 166 cm³/mol. The van der Waals surface area contributed by atoms with Gasteiger partial charge in [-0.3, -0.25) is 19.4 Å². The first-order valence-electron chi connectivity index (χ1n) is 17.1. The predicted octanol–water partition coefficient (Wildman–Crippen LogP) is 2.50. The maximum atomic E-state index is 14.0. The number of halogens is 2. The van der Waals surface area contributed by atoms with Gasteiger partial charge in [0, 0.05) is 71.1 Å². The molecule has 0 unspecified atom stereocenters. The molecule has 2 amide bonds. The van der Waals surface area contributed by atoms with Gasteiger partial charge in [0.25, 0.3) is 5.91 Å². The monoisotopic (exact) mass is 657 g/mol. The summed E-state index contributed by atoms with van der Waals surface area (Å²) in [6, 6.07) is 6.18. The minimum Gasteiger partial charge on any atom is -0.493 e. The number of morpholine rings is 1. The molecule has 2 aromatic rings. The van der Waals surface area contributed by atoms with Crippen LogP contribution >= 0.6 is 0 Å². The van der Waals surface area contributed by atoms with Gasteiger partial charge in [0.2, 0.25) is 11.8 Å². The van der Waals surface area contributed by atoms with Crippen molar-refractivity contribution >= 4 is 11.8 Å². The maximum Gasteiger partial charge on any atom is 0.258 e. The van der Waals surface area contributed by atoms with Crippen LogP contribution in [0, 0.1) is 0 Å². The van der Waals surface area contributed by atoms with E-state index in [4.69, 9.17) is 14.2 Å². The van der Waals surface area contributed by atoms with E-state index in [1.165, 1.54) is 0 Å². The highest BCUT2D eigenvalue weighted by atomic mass is 19.3. The average molecular weight is 658 g/mol. The van der Waals surface area contributed by atoms with Crippen LogP contribution < -0.4 is 10.1 Å². The Labute approximate surface area is 273 Å². The number of piperazine rings is 1. The molecule has 1 saturated carbocycles. The van der Waals surface area contributed by atoms with Crippen LogP contribution in [0.3, 0.4) is 0 Å². The quantitative estimate of drug-likeness (QED) is 0.530. The lowest BCUT2D eigenvalue weighted by Crippen LogP contribution is -2.63. The first kappa shape index (κ1) is 32.4. The number of aromatic nitrogens is 3. The van der Waals surface area contributed by atoms with Crippen molar-refractivity contribution in [2.24, 2.45) is 0 Å². The van der Waals surface area contributed by atoms with Crippen molar-refractivity contribution in [1.82, 2.24) is 35.0 Å². The number of rotatable bonds is 4. The number of nitrogens with one attached hydrogen (secondary N) is 1. The largest absolute Gasteiger partial charge is 0.493 e. The van der Waals surface area contributed by atoms with Crippen molar-refractivity contribution in [3.63, 3.8) is 0 Å². The number of alkyl halides is 2. The number of para-hydroxylation sites is 1. The molecule has 4 aliphatic heterocycles. The standard InChI is InChI=1S/C33H45F2N7O5/c34-33(35)10-7-24(8-11-33)40-12-13-41-28(22-40)31(43)36-19-30-27(42-21-23(37-38-42)20-39-14-17-45-18-15-39)6-5-25(47-30)9-16-46-29-4-2-1-3-26(29)32(41)44/h1-4,21,24-25,27-28,30H,5-20,22H2,(H,36,43)/t25-,27+,28-,30+/m0/s1. The number of ether oxygens (including phenoxy) is 3. The highest BCUT2D eigenvalue weighted by Gasteiger charge is 2.43. The Bertz CT molecular complexity index is 1390. The summed E-state index contributed by atoms with van der Waals surface area (Å²) in [6.45, 7) is 5.56. The van der Waals surface area contributed by atoms with Crippen molar-refractivity contribution in [3.05, 3.63) is 41.7 Å². The topological polar surface area (TPSA) is 114 Å². The molecule has 4 fully saturated rings.